The highest BCUT2D eigenvalue weighted by Crippen LogP contribution is 2.23. The molecule has 2 fully saturated rings. The molecule has 17 heavy (non-hydrogen) atoms. The summed E-state index contributed by atoms with van der Waals surface area (Å²) in [5.74, 6) is 0.884. The average Bonchev–Trinajstić information content (AvgIpc) is 2.86. The number of rotatable bonds is 5. The zero-order valence-electron chi connectivity index (χ0n) is 11.6. The molecule has 3 atom stereocenters. The number of likely N-dealkylation sites (tertiary alicyclic amines) is 1. The standard InChI is InChI=1S/C14H28N2O/c1-11(2)15-8-13-4-5-14(17-13)10-16-7-6-12(3)9-16/h11-15H,4-10H2,1-3H3. The highest BCUT2D eigenvalue weighted by molar-refractivity contribution is 4.81. The van der Waals surface area contributed by atoms with Crippen molar-refractivity contribution in [3.05, 3.63) is 0 Å². The van der Waals surface area contributed by atoms with Gasteiger partial charge in [0.1, 0.15) is 0 Å². The third-order valence-corrected chi connectivity index (χ3v) is 3.92. The van der Waals surface area contributed by atoms with Gasteiger partial charge in [0, 0.05) is 25.7 Å². The Labute approximate surface area is 106 Å². The van der Waals surface area contributed by atoms with Gasteiger partial charge in [0.15, 0.2) is 0 Å². The van der Waals surface area contributed by atoms with E-state index in [1.807, 2.05) is 0 Å². The molecule has 0 aliphatic carbocycles. The number of hydrogen-bond acceptors (Lipinski definition) is 3. The Hall–Kier alpha value is -0.120. The molecule has 0 aromatic carbocycles. The highest BCUT2D eigenvalue weighted by Gasteiger charge is 2.28. The summed E-state index contributed by atoms with van der Waals surface area (Å²) in [7, 11) is 0. The second kappa shape index (κ2) is 6.17. The topological polar surface area (TPSA) is 24.5 Å². The zero-order chi connectivity index (χ0) is 12.3. The molecule has 0 aromatic heterocycles. The van der Waals surface area contributed by atoms with Crippen molar-refractivity contribution in [1.29, 1.82) is 0 Å². The molecule has 2 aliphatic rings. The highest BCUT2D eigenvalue weighted by atomic mass is 16.5. The van der Waals surface area contributed by atoms with Crippen molar-refractivity contribution in [3.63, 3.8) is 0 Å². The molecule has 2 heterocycles. The Morgan fingerprint density at radius 3 is 2.65 bits per heavy atom. The van der Waals surface area contributed by atoms with Crippen molar-refractivity contribution >= 4 is 0 Å². The van der Waals surface area contributed by atoms with Gasteiger partial charge in [0.25, 0.3) is 0 Å². The zero-order valence-corrected chi connectivity index (χ0v) is 11.6. The van der Waals surface area contributed by atoms with Crippen LogP contribution in [0.15, 0.2) is 0 Å². The average molecular weight is 240 g/mol. The van der Waals surface area contributed by atoms with Crippen LogP contribution in [0, 0.1) is 5.92 Å². The second-order valence-corrected chi connectivity index (χ2v) is 6.17. The van der Waals surface area contributed by atoms with Gasteiger partial charge in [-0.2, -0.15) is 0 Å². The van der Waals surface area contributed by atoms with E-state index in [-0.39, 0.29) is 0 Å². The first-order valence-electron chi connectivity index (χ1n) is 7.24. The summed E-state index contributed by atoms with van der Waals surface area (Å²) in [5.41, 5.74) is 0. The molecular formula is C14H28N2O. The number of ether oxygens (including phenoxy) is 1. The van der Waals surface area contributed by atoms with E-state index in [1.54, 1.807) is 0 Å². The molecule has 0 amide bonds. The van der Waals surface area contributed by atoms with Gasteiger partial charge in [-0.15, -0.1) is 0 Å². The number of nitrogens with zero attached hydrogens (tertiary/aromatic N) is 1. The van der Waals surface area contributed by atoms with Crippen LogP contribution in [0.3, 0.4) is 0 Å². The molecular weight excluding hydrogens is 212 g/mol. The molecule has 3 heteroatoms. The minimum absolute atomic E-state index is 0.447. The fourth-order valence-corrected chi connectivity index (χ4v) is 2.91. The van der Waals surface area contributed by atoms with Crippen LogP contribution in [0.5, 0.6) is 0 Å². The second-order valence-electron chi connectivity index (χ2n) is 6.17. The summed E-state index contributed by atoms with van der Waals surface area (Å²) < 4.78 is 6.10. The lowest BCUT2D eigenvalue weighted by Gasteiger charge is -2.21. The fourth-order valence-electron chi connectivity index (χ4n) is 2.91. The van der Waals surface area contributed by atoms with Crippen LogP contribution in [0.4, 0.5) is 0 Å². The van der Waals surface area contributed by atoms with Crippen LogP contribution in [0.2, 0.25) is 0 Å². The Morgan fingerprint density at radius 2 is 2.00 bits per heavy atom. The smallest absolute Gasteiger partial charge is 0.0707 e. The molecule has 0 spiro atoms. The minimum Gasteiger partial charge on any atom is -0.372 e. The summed E-state index contributed by atoms with van der Waals surface area (Å²) in [6, 6.07) is 0.567. The first-order chi connectivity index (χ1) is 8.13. The molecule has 2 aliphatic heterocycles. The summed E-state index contributed by atoms with van der Waals surface area (Å²) in [6.07, 6.45) is 4.77. The van der Waals surface area contributed by atoms with Crippen LogP contribution in [-0.4, -0.2) is 49.3 Å². The van der Waals surface area contributed by atoms with Gasteiger partial charge in [0.05, 0.1) is 12.2 Å². The molecule has 1 N–H and O–H groups in total. The van der Waals surface area contributed by atoms with Crippen molar-refractivity contribution in [2.45, 2.75) is 58.3 Å². The SMILES string of the molecule is CC1CCN(CC2CCC(CNC(C)C)O2)C1. The third kappa shape index (κ3) is 4.23. The summed E-state index contributed by atoms with van der Waals surface area (Å²) in [4.78, 5) is 2.58. The maximum Gasteiger partial charge on any atom is 0.0707 e. The molecule has 2 rings (SSSR count). The van der Waals surface area contributed by atoms with E-state index >= 15 is 0 Å². The van der Waals surface area contributed by atoms with E-state index in [0.29, 0.717) is 18.2 Å². The van der Waals surface area contributed by atoms with E-state index in [0.717, 1.165) is 19.0 Å². The van der Waals surface area contributed by atoms with Gasteiger partial charge in [-0.05, 0) is 31.7 Å². The molecule has 3 nitrogen and oxygen atoms in total. The third-order valence-electron chi connectivity index (χ3n) is 3.92. The Kier molecular flexibility index (Phi) is 4.83. The minimum atomic E-state index is 0.447. The van der Waals surface area contributed by atoms with Gasteiger partial charge in [-0.25, -0.2) is 0 Å². The lowest BCUT2D eigenvalue weighted by atomic mass is 10.1. The first-order valence-corrected chi connectivity index (χ1v) is 7.24. The van der Waals surface area contributed by atoms with E-state index in [2.05, 4.69) is 31.0 Å². The maximum absolute atomic E-state index is 6.10. The Balaban J connectivity index is 1.64. The molecule has 0 saturated carbocycles. The lowest BCUT2D eigenvalue weighted by Crippen LogP contribution is -2.34. The van der Waals surface area contributed by atoms with Crippen molar-refractivity contribution in [2.24, 2.45) is 5.92 Å². The molecule has 0 radical (unpaired) electrons. The van der Waals surface area contributed by atoms with Crippen LogP contribution in [0.25, 0.3) is 0 Å². The lowest BCUT2D eigenvalue weighted by molar-refractivity contribution is 0.0262. The quantitative estimate of drug-likeness (QED) is 0.794. The van der Waals surface area contributed by atoms with Crippen molar-refractivity contribution in [3.8, 4) is 0 Å². The van der Waals surface area contributed by atoms with E-state index in [4.69, 9.17) is 4.74 Å². The van der Waals surface area contributed by atoms with Gasteiger partial charge >= 0.3 is 0 Å². The van der Waals surface area contributed by atoms with Crippen LogP contribution in [0.1, 0.15) is 40.0 Å². The Morgan fingerprint density at radius 1 is 1.24 bits per heavy atom. The van der Waals surface area contributed by atoms with Crippen molar-refractivity contribution < 1.29 is 4.74 Å². The van der Waals surface area contributed by atoms with Gasteiger partial charge < -0.3 is 15.0 Å². The molecule has 100 valence electrons. The van der Waals surface area contributed by atoms with Gasteiger partial charge in [-0.1, -0.05) is 20.8 Å². The largest absolute Gasteiger partial charge is 0.372 e. The van der Waals surface area contributed by atoms with Crippen LogP contribution < -0.4 is 5.32 Å². The van der Waals surface area contributed by atoms with Gasteiger partial charge in [-0.3, -0.25) is 0 Å². The first kappa shape index (κ1) is 13.3. The molecule has 0 aromatic rings. The monoisotopic (exact) mass is 240 g/mol. The summed E-state index contributed by atoms with van der Waals surface area (Å²) in [6.45, 7) is 11.5. The summed E-state index contributed by atoms with van der Waals surface area (Å²) >= 11 is 0. The van der Waals surface area contributed by atoms with Gasteiger partial charge in [0.2, 0.25) is 0 Å². The molecule has 0 bridgehead atoms. The van der Waals surface area contributed by atoms with Crippen molar-refractivity contribution in [1.82, 2.24) is 10.2 Å². The van der Waals surface area contributed by atoms with Crippen LogP contribution >= 0.6 is 0 Å². The molecule has 2 saturated heterocycles. The fraction of sp³-hybridized carbons (Fsp3) is 1.00. The Bertz CT molecular complexity index is 232. The maximum atomic E-state index is 6.10. The normalized spacial score (nSPS) is 34.9. The predicted octanol–water partition coefficient (Wildman–Crippen LogP) is 1.87. The van der Waals surface area contributed by atoms with E-state index < -0.39 is 0 Å². The molecule has 3 unspecified atom stereocenters. The summed E-state index contributed by atoms with van der Waals surface area (Å²) in [5, 5.41) is 3.47. The number of nitrogens with one attached hydrogen (secondary N) is 1. The van der Waals surface area contributed by atoms with E-state index in [9.17, 15) is 0 Å². The predicted molar refractivity (Wildman–Crippen MR) is 71.3 cm³/mol. The number of hydrogen-bond donors (Lipinski definition) is 1. The van der Waals surface area contributed by atoms with E-state index in [1.165, 1.54) is 32.4 Å². The van der Waals surface area contributed by atoms with Crippen LogP contribution in [-0.2, 0) is 4.74 Å². The van der Waals surface area contributed by atoms with Crippen molar-refractivity contribution in [2.75, 3.05) is 26.2 Å².